The van der Waals surface area contributed by atoms with Crippen LogP contribution in [0.5, 0.6) is 0 Å². The van der Waals surface area contributed by atoms with E-state index in [1.165, 1.54) is 51.5 Å². The predicted molar refractivity (Wildman–Crippen MR) is 81.8 cm³/mol. The van der Waals surface area contributed by atoms with Gasteiger partial charge in [-0.2, -0.15) is 0 Å². The molecule has 2 aliphatic rings. The highest BCUT2D eigenvalue weighted by Crippen LogP contribution is 2.37. The lowest BCUT2D eigenvalue weighted by atomic mass is 9.75. The Labute approximate surface area is 123 Å². The maximum absolute atomic E-state index is 10.9. The van der Waals surface area contributed by atoms with E-state index >= 15 is 0 Å². The van der Waals surface area contributed by atoms with E-state index in [1.807, 2.05) is 0 Å². The summed E-state index contributed by atoms with van der Waals surface area (Å²) >= 11 is 0. The number of rotatable bonds is 5. The molecule has 0 aromatic heterocycles. The second kappa shape index (κ2) is 7.44. The van der Waals surface area contributed by atoms with Crippen molar-refractivity contribution in [3.63, 3.8) is 0 Å². The Hall–Kier alpha value is -0.570. The minimum absolute atomic E-state index is 0.334. The fourth-order valence-corrected chi connectivity index (χ4v) is 4.39. The summed E-state index contributed by atoms with van der Waals surface area (Å²) in [5.74, 6) is 0.927. The van der Waals surface area contributed by atoms with Gasteiger partial charge in [0, 0.05) is 18.5 Å². The molecular weight excluding hydrogens is 250 g/mol. The lowest BCUT2D eigenvalue weighted by Crippen LogP contribution is -2.51. The van der Waals surface area contributed by atoms with Gasteiger partial charge in [0.05, 0.1) is 0 Å². The maximum atomic E-state index is 10.9. The number of hydrogen-bond donors (Lipinski definition) is 1. The molecule has 3 heteroatoms. The summed E-state index contributed by atoms with van der Waals surface area (Å²) in [6.07, 6.45) is 10.4. The van der Waals surface area contributed by atoms with Crippen molar-refractivity contribution in [3.8, 4) is 0 Å². The van der Waals surface area contributed by atoms with Gasteiger partial charge >= 0.3 is 5.97 Å². The number of carbonyl (C=O) groups is 1. The van der Waals surface area contributed by atoms with Crippen LogP contribution in [0.4, 0.5) is 0 Å². The number of piperidine rings is 1. The molecule has 2 fully saturated rings. The molecule has 3 unspecified atom stereocenters. The molecule has 0 aromatic rings. The van der Waals surface area contributed by atoms with Gasteiger partial charge in [-0.1, -0.05) is 33.1 Å². The van der Waals surface area contributed by atoms with Crippen molar-refractivity contribution < 1.29 is 9.90 Å². The molecule has 1 aliphatic heterocycles. The van der Waals surface area contributed by atoms with Crippen LogP contribution in [-0.4, -0.2) is 34.6 Å². The zero-order chi connectivity index (χ0) is 14.5. The molecule has 1 saturated carbocycles. The number of aliphatic carboxylic acids is 1. The fraction of sp³-hybridized carbons (Fsp3) is 0.941. The molecule has 1 N–H and O–H groups in total. The molecule has 3 nitrogen and oxygen atoms in total. The highest BCUT2D eigenvalue weighted by molar-refractivity contribution is 5.66. The number of carboxylic acid groups (broad SMARTS) is 1. The summed E-state index contributed by atoms with van der Waals surface area (Å²) in [7, 11) is 0. The SMILES string of the molecule is CC(C)C1CCCCC1N1CCCCC1CCC(=O)O. The van der Waals surface area contributed by atoms with E-state index in [0.29, 0.717) is 18.5 Å². The average Bonchev–Trinajstić information content (AvgIpc) is 2.45. The highest BCUT2D eigenvalue weighted by atomic mass is 16.4. The Morgan fingerprint density at radius 2 is 1.85 bits per heavy atom. The van der Waals surface area contributed by atoms with Crippen molar-refractivity contribution in [3.05, 3.63) is 0 Å². The van der Waals surface area contributed by atoms with E-state index in [0.717, 1.165) is 18.3 Å². The summed E-state index contributed by atoms with van der Waals surface area (Å²) in [6, 6.07) is 1.23. The third kappa shape index (κ3) is 3.97. The molecule has 0 amide bonds. The van der Waals surface area contributed by atoms with Crippen molar-refractivity contribution >= 4 is 5.97 Å². The first-order valence-electron chi connectivity index (χ1n) is 8.57. The molecule has 1 saturated heterocycles. The summed E-state index contributed by atoms with van der Waals surface area (Å²) in [4.78, 5) is 13.6. The molecule has 116 valence electrons. The summed E-state index contributed by atoms with van der Waals surface area (Å²) in [5.41, 5.74) is 0. The van der Waals surface area contributed by atoms with Crippen molar-refractivity contribution in [1.82, 2.24) is 4.90 Å². The van der Waals surface area contributed by atoms with Gasteiger partial charge < -0.3 is 5.11 Å². The van der Waals surface area contributed by atoms with Crippen LogP contribution >= 0.6 is 0 Å². The molecule has 0 spiro atoms. The zero-order valence-corrected chi connectivity index (χ0v) is 13.2. The smallest absolute Gasteiger partial charge is 0.303 e. The Balaban J connectivity index is 2.03. The van der Waals surface area contributed by atoms with Gasteiger partial charge in [-0.05, 0) is 50.5 Å². The highest BCUT2D eigenvalue weighted by Gasteiger charge is 2.36. The largest absolute Gasteiger partial charge is 0.481 e. The Kier molecular flexibility index (Phi) is 5.88. The Morgan fingerprint density at radius 3 is 2.55 bits per heavy atom. The van der Waals surface area contributed by atoms with Gasteiger partial charge in [-0.3, -0.25) is 9.69 Å². The number of carboxylic acids is 1. The van der Waals surface area contributed by atoms with Gasteiger partial charge in [-0.25, -0.2) is 0 Å². The minimum atomic E-state index is -0.639. The Morgan fingerprint density at radius 1 is 1.15 bits per heavy atom. The van der Waals surface area contributed by atoms with Crippen LogP contribution in [0.2, 0.25) is 0 Å². The lowest BCUT2D eigenvalue weighted by Gasteiger charge is -2.47. The molecule has 20 heavy (non-hydrogen) atoms. The minimum Gasteiger partial charge on any atom is -0.481 e. The van der Waals surface area contributed by atoms with E-state index in [1.54, 1.807) is 0 Å². The second-order valence-corrected chi connectivity index (χ2v) is 7.08. The first kappa shape index (κ1) is 15.8. The summed E-state index contributed by atoms with van der Waals surface area (Å²) < 4.78 is 0. The third-order valence-electron chi connectivity index (χ3n) is 5.43. The van der Waals surface area contributed by atoms with Gasteiger partial charge in [0.2, 0.25) is 0 Å². The number of likely N-dealkylation sites (tertiary alicyclic amines) is 1. The van der Waals surface area contributed by atoms with Crippen LogP contribution in [0.1, 0.15) is 71.6 Å². The van der Waals surface area contributed by atoms with Gasteiger partial charge in [0.25, 0.3) is 0 Å². The van der Waals surface area contributed by atoms with E-state index in [2.05, 4.69) is 18.7 Å². The van der Waals surface area contributed by atoms with Gasteiger partial charge in [0.1, 0.15) is 0 Å². The van der Waals surface area contributed by atoms with Crippen molar-refractivity contribution in [1.29, 1.82) is 0 Å². The molecule has 0 radical (unpaired) electrons. The molecule has 1 aliphatic carbocycles. The van der Waals surface area contributed by atoms with Crippen LogP contribution in [-0.2, 0) is 4.79 Å². The quantitative estimate of drug-likeness (QED) is 0.830. The summed E-state index contributed by atoms with van der Waals surface area (Å²) in [5, 5.41) is 8.96. The predicted octanol–water partition coefficient (Wildman–Crippen LogP) is 3.92. The van der Waals surface area contributed by atoms with E-state index in [9.17, 15) is 4.79 Å². The van der Waals surface area contributed by atoms with Crippen LogP contribution < -0.4 is 0 Å². The van der Waals surface area contributed by atoms with E-state index < -0.39 is 5.97 Å². The molecule has 2 rings (SSSR count). The monoisotopic (exact) mass is 281 g/mol. The summed E-state index contributed by atoms with van der Waals surface area (Å²) in [6.45, 7) is 5.91. The molecule has 3 atom stereocenters. The zero-order valence-electron chi connectivity index (χ0n) is 13.2. The first-order chi connectivity index (χ1) is 9.59. The third-order valence-corrected chi connectivity index (χ3v) is 5.43. The van der Waals surface area contributed by atoms with E-state index in [4.69, 9.17) is 5.11 Å². The second-order valence-electron chi connectivity index (χ2n) is 7.08. The number of hydrogen-bond acceptors (Lipinski definition) is 2. The topological polar surface area (TPSA) is 40.5 Å². The van der Waals surface area contributed by atoms with Crippen molar-refractivity contribution in [2.45, 2.75) is 83.7 Å². The van der Waals surface area contributed by atoms with E-state index in [-0.39, 0.29) is 0 Å². The first-order valence-corrected chi connectivity index (χ1v) is 8.57. The van der Waals surface area contributed by atoms with Crippen molar-refractivity contribution in [2.24, 2.45) is 11.8 Å². The van der Waals surface area contributed by atoms with Crippen molar-refractivity contribution in [2.75, 3.05) is 6.54 Å². The molecule has 1 heterocycles. The normalized spacial score (nSPS) is 32.5. The average molecular weight is 281 g/mol. The lowest BCUT2D eigenvalue weighted by molar-refractivity contribution is -0.137. The maximum Gasteiger partial charge on any atom is 0.303 e. The van der Waals surface area contributed by atoms with Gasteiger partial charge in [-0.15, -0.1) is 0 Å². The molecule has 0 bridgehead atoms. The van der Waals surface area contributed by atoms with Crippen LogP contribution in [0.3, 0.4) is 0 Å². The molecular formula is C17H31NO2. The Bertz CT molecular complexity index is 316. The van der Waals surface area contributed by atoms with Crippen LogP contribution in [0.15, 0.2) is 0 Å². The number of nitrogens with zero attached hydrogens (tertiary/aromatic N) is 1. The molecule has 0 aromatic carbocycles. The fourth-order valence-electron chi connectivity index (χ4n) is 4.39. The van der Waals surface area contributed by atoms with Crippen LogP contribution in [0, 0.1) is 11.8 Å². The van der Waals surface area contributed by atoms with Gasteiger partial charge in [0.15, 0.2) is 0 Å². The standard InChI is InChI=1S/C17H31NO2/c1-13(2)15-8-3-4-9-16(15)18-12-6-5-7-14(18)10-11-17(19)20/h13-16H,3-12H2,1-2H3,(H,19,20). The van der Waals surface area contributed by atoms with Crippen LogP contribution in [0.25, 0.3) is 0 Å².